The Morgan fingerprint density at radius 1 is 1.39 bits per heavy atom. The zero-order valence-corrected chi connectivity index (χ0v) is 11.3. The minimum atomic E-state index is -0.580. The molecule has 3 nitrogen and oxygen atoms in total. The summed E-state index contributed by atoms with van der Waals surface area (Å²) < 4.78 is 17.5. The fourth-order valence-corrected chi connectivity index (χ4v) is 1.63. The van der Waals surface area contributed by atoms with Crippen molar-refractivity contribution in [3.63, 3.8) is 0 Å². The van der Waals surface area contributed by atoms with Crippen molar-refractivity contribution in [2.45, 2.75) is 26.8 Å². The molecule has 0 radical (unpaired) electrons. The van der Waals surface area contributed by atoms with E-state index in [-0.39, 0.29) is 17.8 Å². The average molecular weight is 253 g/mol. The first-order valence-electron chi connectivity index (χ1n) is 5.94. The molecule has 0 heterocycles. The standard InChI is InChI=1S/C14H20FNO2/c1-10(11-5-7-12(15)8-6-11)16-9-14(2,3)13(17)18-4/h5-8,10,16H,9H2,1-4H3/t10-/m0/s1. The van der Waals surface area contributed by atoms with Crippen LogP contribution in [0.4, 0.5) is 4.39 Å². The number of methoxy groups -OCH3 is 1. The lowest BCUT2D eigenvalue weighted by molar-refractivity contribution is -0.150. The summed E-state index contributed by atoms with van der Waals surface area (Å²) in [5.41, 5.74) is 0.403. The molecule has 0 aromatic heterocycles. The summed E-state index contributed by atoms with van der Waals surface area (Å²) in [5.74, 6) is -0.498. The summed E-state index contributed by atoms with van der Waals surface area (Å²) >= 11 is 0. The predicted molar refractivity (Wildman–Crippen MR) is 68.6 cm³/mol. The molecule has 0 saturated heterocycles. The maximum atomic E-state index is 12.8. The summed E-state index contributed by atoms with van der Waals surface area (Å²) in [6.07, 6.45) is 0. The van der Waals surface area contributed by atoms with E-state index in [9.17, 15) is 9.18 Å². The smallest absolute Gasteiger partial charge is 0.312 e. The number of halogens is 1. The van der Waals surface area contributed by atoms with E-state index in [1.165, 1.54) is 19.2 Å². The van der Waals surface area contributed by atoms with Crippen molar-refractivity contribution in [2.75, 3.05) is 13.7 Å². The highest BCUT2D eigenvalue weighted by Gasteiger charge is 2.28. The largest absolute Gasteiger partial charge is 0.469 e. The summed E-state index contributed by atoms with van der Waals surface area (Å²) in [4.78, 5) is 11.5. The van der Waals surface area contributed by atoms with Crippen molar-refractivity contribution < 1.29 is 13.9 Å². The molecule has 100 valence electrons. The predicted octanol–water partition coefficient (Wildman–Crippen LogP) is 2.68. The second-order valence-corrected chi connectivity index (χ2v) is 5.03. The average Bonchev–Trinajstić information content (AvgIpc) is 2.35. The van der Waals surface area contributed by atoms with Gasteiger partial charge < -0.3 is 10.1 Å². The van der Waals surface area contributed by atoms with Gasteiger partial charge >= 0.3 is 5.97 Å². The van der Waals surface area contributed by atoms with Gasteiger partial charge in [-0.15, -0.1) is 0 Å². The van der Waals surface area contributed by atoms with E-state index in [1.54, 1.807) is 12.1 Å². The summed E-state index contributed by atoms with van der Waals surface area (Å²) in [6, 6.07) is 6.38. The Hall–Kier alpha value is -1.42. The number of hydrogen-bond donors (Lipinski definition) is 1. The van der Waals surface area contributed by atoms with Gasteiger partial charge in [0.05, 0.1) is 12.5 Å². The van der Waals surface area contributed by atoms with Gasteiger partial charge in [0, 0.05) is 12.6 Å². The van der Waals surface area contributed by atoms with Gasteiger partial charge in [0.1, 0.15) is 5.82 Å². The molecule has 1 N–H and O–H groups in total. The van der Waals surface area contributed by atoms with Crippen LogP contribution in [0.1, 0.15) is 32.4 Å². The molecule has 0 saturated carbocycles. The second-order valence-electron chi connectivity index (χ2n) is 5.03. The third-order valence-corrected chi connectivity index (χ3v) is 2.96. The number of rotatable bonds is 5. The highest BCUT2D eigenvalue weighted by Crippen LogP contribution is 2.19. The van der Waals surface area contributed by atoms with Crippen LogP contribution in [0.25, 0.3) is 0 Å². The molecule has 4 heteroatoms. The van der Waals surface area contributed by atoms with E-state index >= 15 is 0 Å². The molecule has 0 fully saturated rings. The normalized spacial score (nSPS) is 13.2. The first kappa shape index (κ1) is 14.6. The van der Waals surface area contributed by atoms with Crippen LogP contribution in [0.5, 0.6) is 0 Å². The van der Waals surface area contributed by atoms with Crippen LogP contribution in [0.3, 0.4) is 0 Å². The molecule has 1 aromatic carbocycles. The number of carbonyl (C=O) groups is 1. The quantitative estimate of drug-likeness (QED) is 0.820. The van der Waals surface area contributed by atoms with Crippen molar-refractivity contribution in [3.05, 3.63) is 35.6 Å². The van der Waals surface area contributed by atoms with Gasteiger partial charge in [-0.1, -0.05) is 12.1 Å². The Balaban J connectivity index is 2.58. The number of esters is 1. The Bertz CT molecular complexity index is 401. The van der Waals surface area contributed by atoms with E-state index < -0.39 is 5.41 Å². The molecule has 0 unspecified atom stereocenters. The minimum absolute atomic E-state index is 0.0505. The minimum Gasteiger partial charge on any atom is -0.469 e. The fourth-order valence-electron chi connectivity index (χ4n) is 1.63. The fraction of sp³-hybridized carbons (Fsp3) is 0.500. The van der Waals surface area contributed by atoms with Crippen LogP contribution in [-0.4, -0.2) is 19.6 Å². The molecular formula is C14H20FNO2. The third kappa shape index (κ3) is 3.81. The van der Waals surface area contributed by atoms with Gasteiger partial charge in [0.25, 0.3) is 0 Å². The van der Waals surface area contributed by atoms with E-state index in [0.717, 1.165) is 5.56 Å². The molecule has 0 bridgehead atoms. The first-order chi connectivity index (χ1) is 8.36. The number of carbonyl (C=O) groups excluding carboxylic acids is 1. The zero-order valence-electron chi connectivity index (χ0n) is 11.3. The Kier molecular flexibility index (Phi) is 4.84. The molecule has 1 rings (SSSR count). The van der Waals surface area contributed by atoms with E-state index in [1.807, 2.05) is 20.8 Å². The SMILES string of the molecule is COC(=O)C(C)(C)CN[C@@H](C)c1ccc(F)cc1. The molecule has 0 aliphatic rings. The molecule has 0 aliphatic heterocycles. The lowest BCUT2D eigenvalue weighted by atomic mass is 9.93. The highest BCUT2D eigenvalue weighted by atomic mass is 19.1. The van der Waals surface area contributed by atoms with Crippen molar-refractivity contribution >= 4 is 5.97 Å². The van der Waals surface area contributed by atoms with Gasteiger partial charge in [0.2, 0.25) is 0 Å². The second kappa shape index (κ2) is 5.96. The van der Waals surface area contributed by atoms with Gasteiger partial charge in [-0.2, -0.15) is 0 Å². The van der Waals surface area contributed by atoms with E-state index in [2.05, 4.69) is 5.32 Å². The van der Waals surface area contributed by atoms with Gasteiger partial charge in [-0.25, -0.2) is 4.39 Å². The third-order valence-electron chi connectivity index (χ3n) is 2.96. The van der Waals surface area contributed by atoms with Gasteiger partial charge in [0.15, 0.2) is 0 Å². The monoisotopic (exact) mass is 253 g/mol. The van der Waals surface area contributed by atoms with Crippen molar-refractivity contribution in [1.29, 1.82) is 0 Å². The van der Waals surface area contributed by atoms with E-state index in [0.29, 0.717) is 6.54 Å². The van der Waals surface area contributed by atoms with Gasteiger partial charge in [-0.05, 0) is 38.5 Å². The molecule has 18 heavy (non-hydrogen) atoms. The lowest BCUT2D eigenvalue weighted by Gasteiger charge is -2.24. The van der Waals surface area contributed by atoms with Crippen molar-refractivity contribution in [2.24, 2.45) is 5.41 Å². The van der Waals surface area contributed by atoms with Crippen molar-refractivity contribution in [1.82, 2.24) is 5.32 Å². The molecular weight excluding hydrogens is 233 g/mol. The zero-order chi connectivity index (χ0) is 13.8. The number of benzene rings is 1. The number of hydrogen-bond acceptors (Lipinski definition) is 3. The van der Waals surface area contributed by atoms with Gasteiger partial charge in [-0.3, -0.25) is 4.79 Å². The Morgan fingerprint density at radius 2 is 1.94 bits per heavy atom. The van der Waals surface area contributed by atoms with Crippen LogP contribution in [0, 0.1) is 11.2 Å². The maximum Gasteiger partial charge on any atom is 0.312 e. The molecule has 0 aliphatic carbocycles. The van der Waals surface area contributed by atoms with Crippen LogP contribution in [0.2, 0.25) is 0 Å². The van der Waals surface area contributed by atoms with Crippen LogP contribution in [0.15, 0.2) is 24.3 Å². The molecule has 0 spiro atoms. The first-order valence-corrected chi connectivity index (χ1v) is 5.94. The van der Waals surface area contributed by atoms with Crippen LogP contribution < -0.4 is 5.32 Å². The maximum absolute atomic E-state index is 12.8. The Morgan fingerprint density at radius 3 is 2.44 bits per heavy atom. The van der Waals surface area contributed by atoms with Crippen molar-refractivity contribution in [3.8, 4) is 0 Å². The molecule has 0 amide bonds. The van der Waals surface area contributed by atoms with Crippen LogP contribution >= 0.6 is 0 Å². The molecule has 1 atom stereocenters. The topological polar surface area (TPSA) is 38.3 Å². The summed E-state index contributed by atoms with van der Waals surface area (Å²) in [6.45, 7) is 6.12. The summed E-state index contributed by atoms with van der Waals surface area (Å²) in [7, 11) is 1.38. The number of ether oxygens (including phenoxy) is 1. The number of nitrogens with one attached hydrogen (secondary N) is 1. The van der Waals surface area contributed by atoms with E-state index in [4.69, 9.17) is 4.74 Å². The molecule has 1 aromatic rings. The summed E-state index contributed by atoms with van der Waals surface area (Å²) in [5, 5.41) is 3.25. The van der Waals surface area contributed by atoms with Crippen LogP contribution in [-0.2, 0) is 9.53 Å². The highest BCUT2D eigenvalue weighted by molar-refractivity contribution is 5.76. The Labute approximate surface area is 107 Å². The lowest BCUT2D eigenvalue weighted by Crippen LogP contribution is -2.37.